The minimum atomic E-state index is 0.117. The maximum Gasteiger partial charge on any atom is 0.246 e. The molecule has 0 aromatic carbocycles. The minimum Gasteiger partial charge on any atom is -0.375 e. The van der Waals surface area contributed by atoms with Crippen molar-refractivity contribution >= 4 is 5.91 Å². The van der Waals surface area contributed by atoms with Gasteiger partial charge in [-0.1, -0.05) is 12.5 Å². The van der Waals surface area contributed by atoms with Crippen molar-refractivity contribution in [3.8, 4) is 0 Å². The largest absolute Gasteiger partial charge is 0.375 e. The van der Waals surface area contributed by atoms with Crippen molar-refractivity contribution in [1.29, 1.82) is 0 Å². The van der Waals surface area contributed by atoms with E-state index in [1.807, 2.05) is 18.7 Å². The summed E-state index contributed by atoms with van der Waals surface area (Å²) in [5.74, 6) is 0.117. The summed E-state index contributed by atoms with van der Waals surface area (Å²) >= 11 is 0. The number of carbonyl (C=O) groups is 1. The molecule has 0 N–H and O–H groups in total. The quantitative estimate of drug-likeness (QED) is 0.629. The fourth-order valence-corrected chi connectivity index (χ4v) is 1.50. The van der Waals surface area contributed by atoms with Crippen LogP contribution in [-0.2, 0) is 9.53 Å². The van der Waals surface area contributed by atoms with Crippen LogP contribution in [-0.4, -0.2) is 36.6 Å². The van der Waals surface area contributed by atoms with E-state index in [4.69, 9.17) is 4.74 Å². The number of hydrogen-bond acceptors (Lipinski definition) is 2. The highest BCUT2D eigenvalue weighted by molar-refractivity contribution is 5.88. The van der Waals surface area contributed by atoms with Crippen LogP contribution in [0.1, 0.15) is 27.2 Å². The zero-order chi connectivity index (χ0) is 10.6. The Labute approximate surface area is 85.7 Å². The third-order valence-electron chi connectivity index (χ3n) is 2.32. The summed E-state index contributed by atoms with van der Waals surface area (Å²) in [4.78, 5) is 13.5. The lowest BCUT2D eigenvalue weighted by Crippen LogP contribution is -2.44. The molecule has 0 aromatic rings. The maximum absolute atomic E-state index is 11.7. The summed E-state index contributed by atoms with van der Waals surface area (Å²) in [5, 5.41) is 0. The molecule has 1 rings (SSSR count). The molecule has 0 radical (unpaired) electrons. The highest BCUT2D eigenvalue weighted by Gasteiger charge is 2.21. The first-order valence-corrected chi connectivity index (χ1v) is 5.19. The highest BCUT2D eigenvalue weighted by atomic mass is 16.5. The highest BCUT2D eigenvalue weighted by Crippen LogP contribution is 2.09. The van der Waals surface area contributed by atoms with Crippen LogP contribution in [0.15, 0.2) is 11.6 Å². The van der Waals surface area contributed by atoms with Crippen molar-refractivity contribution in [2.75, 3.05) is 19.7 Å². The van der Waals surface area contributed by atoms with Crippen LogP contribution in [0.4, 0.5) is 0 Å². The molecule has 0 unspecified atom stereocenters. The number of amides is 1. The molecule has 1 amide bonds. The summed E-state index contributed by atoms with van der Waals surface area (Å²) < 4.78 is 5.50. The monoisotopic (exact) mass is 197 g/mol. The van der Waals surface area contributed by atoms with Gasteiger partial charge in [0, 0.05) is 19.2 Å². The van der Waals surface area contributed by atoms with Crippen molar-refractivity contribution < 1.29 is 9.53 Å². The molecule has 3 heteroatoms. The van der Waals surface area contributed by atoms with Gasteiger partial charge in [0.15, 0.2) is 0 Å². The second-order valence-corrected chi connectivity index (χ2v) is 3.91. The number of rotatable bonds is 2. The molecule has 1 atom stereocenters. The number of allylic oxidation sites excluding steroid dienone is 1. The van der Waals surface area contributed by atoms with Gasteiger partial charge in [0.2, 0.25) is 5.91 Å². The molecule has 0 spiro atoms. The lowest BCUT2D eigenvalue weighted by Gasteiger charge is -2.31. The van der Waals surface area contributed by atoms with Gasteiger partial charge in [-0.15, -0.1) is 0 Å². The molecular weight excluding hydrogens is 178 g/mol. The SMILES string of the molecule is CC[C@H]1CN(C(=O)C=C(C)C)CCO1. The first-order chi connectivity index (χ1) is 6.63. The Bertz CT molecular complexity index is 231. The van der Waals surface area contributed by atoms with Gasteiger partial charge < -0.3 is 9.64 Å². The van der Waals surface area contributed by atoms with Gasteiger partial charge in [-0.2, -0.15) is 0 Å². The Hall–Kier alpha value is -0.830. The van der Waals surface area contributed by atoms with Crippen LogP contribution >= 0.6 is 0 Å². The Morgan fingerprint density at radius 2 is 2.29 bits per heavy atom. The Morgan fingerprint density at radius 1 is 1.57 bits per heavy atom. The molecule has 1 saturated heterocycles. The van der Waals surface area contributed by atoms with E-state index in [9.17, 15) is 4.79 Å². The van der Waals surface area contributed by atoms with Crippen LogP contribution in [0.5, 0.6) is 0 Å². The van der Waals surface area contributed by atoms with Gasteiger partial charge in [0.05, 0.1) is 12.7 Å². The number of morpholine rings is 1. The standard InChI is InChI=1S/C11H19NO2/c1-4-10-8-12(5-6-14-10)11(13)7-9(2)3/h7,10H,4-6,8H2,1-3H3/t10-/m0/s1. The zero-order valence-electron chi connectivity index (χ0n) is 9.25. The molecule has 0 bridgehead atoms. The van der Waals surface area contributed by atoms with E-state index >= 15 is 0 Å². The van der Waals surface area contributed by atoms with E-state index in [0.29, 0.717) is 6.61 Å². The average Bonchev–Trinajstić information content (AvgIpc) is 2.17. The van der Waals surface area contributed by atoms with Gasteiger partial charge in [-0.3, -0.25) is 4.79 Å². The van der Waals surface area contributed by atoms with E-state index in [1.54, 1.807) is 6.08 Å². The van der Waals surface area contributed by atoms with Crippen LogP contribution in [0.3, 0.4) is 0 Å². The summed E-state index contributed by atoms with van der Waals surface area (Å²) in [7, 11) is 0. The summed E-state index contributed by atoms with van der Waals surface area (Å²) in [6.07, 6.45) is 2.88. The first-order valence-electron chi connectivity index (χ1n) is 5.19. The lowest BCUT2D eigenvalue weighted by molar-refractivity contribution is -0.133. The van der Waals surface area contributed by atoms with E-state index in [-0.39, 0.29) is 12.0 Å². The van der Waals surface area contributed by atoms with Crippen molar-refractivity contribution in [1.82, 2.24) is 4.90 Å². The fourth-order valence-electron chi connectivity index (χ4n) is 1.50. The molecule has 0 saturated carbocycles. The van der Waals surface area contributed by atoms with Crippen molar-refractivity contribution in [3.63, 3.8) is 0 Å². The van der Waals surface area contributed by atoms with Gasteiger partial charge in [-0.05, 0) is 20.3 Å². The van der Waals surface area contributed by atoms with Crippen molar-refractivity contribution in [3.05, 3.63) is 11.6 Å². The average molecular weight is 197 g/mol. The topological polar surface area (TPSA) is 29.5 Å². The molecule has 1 aliphatic rings. The summed E-state index contributed by atoms with van der Waals surface area (Å²) in [6.45, 7) is 8.09. The maximum atomic E-state index is 11.7. The second-order valence-electron chi connectivity index (χ2n) is 3.91. The zero-order valence-corrected chi connectivity index (χ0v) is 9.25. The molecule has 0 aliphatic carbocycles. The van der Waals surface area contributed by atoms with Crippen molar-refractivity contribution in [2.24, 2.45) is 0 Å². The molecule has 1 fully saturated rings. The molecule has 80 valence electrons. The van der Waals surface area contributed by atoms with E-state index in [2.05, 4.69) is 6.92 Å². The van der Waals surface area contributed by atoms with E-state index in [0.717, 1.165) is 25.1 Å². The molecule has 0 aromatic heterocycles. The smallest absolute Gasteiger partial charge is 0.246 e. The Kier molecular flexibility index (Phi) is 4.14. The van der Waals surface area contributed by atoms with Crippen LogP contribution in [0, 0.1) is 0 Å². The predicted molar refractivity (Wildman–Crippen MR) is 56.0 cm³/mol. The van der Waals surface area contributed by atoms with Gasteiger partial charge in [-0.25, -0.2) is 0 Å². The predicted octanol–water partition coefficient (Wildman–Crippen LogP) is 1.59. The number of carbonyl (C=O) groups excluding carboxylic acids is 1. The second kappa shape index (κ2) is 5.15. The molecular formula is C11H19NO2. The number of nitrogens with zero attached hydrogens (tertiary/aromatic N) is 1. The van der Waals surface area contributed by atoms with Gasteiger partial charge >= 0.3 is 0 Å². The summed E-state index contributed by atoms with van der Waals surface area (Å²) in [6, 6.07) is 0. The molecule has 1 aliphatic heterocycles. The first kappa shape index (κ1) is 11.2. The Balaban J connectivity index is 2.51. The summed E-state index contributed by atoms with van der Waals surface area (Å²) in [5.41, 5.74) is 1.05. The normalized spacial score (nSPS) is 21.9. The van der Waals surface area contributed by atoms with Crippen LogP contribution in [0.2, 0.25) is 0 Å². The van der Waals surface area contributed by atoms with Gasteiger partial charge in [0.1, 0.15) is 0 Å². The Morgan fingerprint density at radius 3 is 2.86 bits per heavy atom. The van der Waals surface area contributed by atoms with E-state index in [1.165, 1.54) is 0 Å². The molecule has 1 heterocycles. The van der Waals surface area contributed by atoms with Gasteiger partial charge in [0.25, 0.3) is 0 Å². The minimum absolute atomic E-state index is 0.117. The van der Waals surface area contributed by atoms with Crippen LogP contribution in [0.25, 0.3) is 0 Å². The third-order valence-corrected chi connectivity index (χ3v) is 2.32. The van der Waals surface area contributed by atoms with E-state index < -0.39 is 0 Å². The number of hydrogen-bond donors (Lipinski definition) is 0. The lowest BCUT2D eigenvalue weighted by atomic mass is 10.2. The molecule has 3 nitrogen and oxygen atoms in total. The fraction of sp³-hybridized carbons (Fsp3) is 0.727. The van der Waals surface area contributed by atoms with Crippen LogP contribution < -0.4 is 0 Å². The number of ether oxygens (including phenoxy) is 1. The third kappa shape index (κ3) is 3.14. The molecule has 14 heavy (non-hydrogen) atoms. The van der Waals surface area contributed by atoms with Crippen molar-refractivity contribution in [2.45, 2.75) is 33.3 Å².